The fourth-order valence-electron chi connectivity index (χ4n) is 2.13. The van der Waals surface area contributed by atoms with Crippen LogP contribution in [0.2, 0.25) is 0 Å². The van der Waals surface area contributed by atoms with Gasteiger partial charge in [-0.15, -0.1) is 5.11 Å². The van der Waals surface area contributed by atoms with E-state index in [0.717, 1.165) is 17.5 Å². The van der Waals surface area contributed by atoms with Crippen molar-refractivity contribution in [3.63, 3.8) is 0 Å². The third kappa shape index (κ3) is 4.79. The average molecular weight is 332 g/mol. The first-order chi connectivity index (χ1) is 10.8. The number of sulfonamides is 1. The highest BCUT2D eigenvalue weighted by Gasteiger charge is 2.12. The Morgan fingerprint density at radius 3 is 2.26 bits per heavy atom. The third-order valence-corrected chi connectivity index (χ3v) is 3.71. The van der Waals surface area contributed by atoms with Crippen molar-refractivity contribution in [2.75, 3.05) is 30.0 Å². The Labute approximate surface area is 136 Å². The van der Waals surface area contributed by atoms with Crippen LogP contribution in [0.15, 0.2) is 52.7 Å². The van der Waals surface area contributed by atoms with Crippen molar-refractivity contribution in [3.05, 3.63) is 48.0 Å². The van der Waals surface area contributed by atoms with Gasteiger partial charge in [0.2, 0.25) is 10.0 Å². The summed E-state index contributed by atoms with van der Waals surface area (Å²) in [6, 6.07) is 12.9. The number of hydrogen-bond donors (Lipinski definition) is 1. The van der Waals surface area contributed by atoms with E-state index in [1.165, 1.54) is 0 Å². The molecule has 0 amide bonds. The maximum Gasteiger partial charge on any atom is 0.229 e. The topological polar surface area (TPSA) is 74.1 Å². The van der Waals surface area contributed by atoms with Crippen molar-refractivity contribution >= 4 is 32.8 Å². The molecular weight excluding hydrogens is 312 g/mol. The minimum Gasteiger partial charge on any atom is -0.377 e. The maximum absolute atomic E-state index is 11.6. The van der Waals surface area contributed by atoms with Gasteiger partial charge in [0.25, 0.3) is 0 Å². The summed E-state index contributed by atoms with van der Waals surface area (Å²) in [4.78, 5) is 1.92. The molecule has 2 aromatic rings. The summed E-state index contributed by atoms with van der Waals surface area (Å²) < 4.78 is 25.7. The number of azo groups is 1. The molecule has 0 atom stereocenters. The number of rotatable bonds is 5. The first kappa shape index (κ1) is 17.0. The monoisotopic (exact) mass is 332 g/mol. The SMILES string of the molecule is Cc1cc(N=Nc2ccccc2)c(NS(C)(=O)=O)cc1N(C)C. The molecule has 0 saturated carbocycles. The fourth-order valence-corrected chi connectivity index (χ4v) is 2.70. The van der Waals surface area contributed by atoms with Gasteiger partial charge in [-0.2, -0.15) is 5.11 Å². The van der Waals surface area contributed by atoms with Crippen LogP contribution in [0.1, 0.15) is 5.56 Å². The van der Waals surface area contributed by atoms with Crippen molar-refractivity contribution in [3.8, 4) is 0 Å². The summed E-state index contributed by atoms with van der Waals surface area (Å²) in [6.07, 6.45) is 1.11. The Kier molecular flexibility index (Phi) is 5.00. The number of aryl methyl sites for hydroxylation is 1. The van der Waals surface area contributed by atoms with Crippen LogP contribution in [0.4, 0.5) is 22.7 Å². The van der Waals surface area contributed by atoms with Crippen LogP contribution in [0.3, 0.4) is 0 Å². The van der Waals surface area contributed by atoms with Crippen molar-refractivity contribution in [2.45, 2.75) is 6.92 Å². The summed E-state index contributed by atoms with van der Waals surface area (Å²) in [5.41, 5.74) is 3.47. The Hall–Kier alpha value is -2.41. The van der Waals surface area contributed by atoms with E-state index >= 15 is 0 Å². The van der Waals surface area contributed by atoms with Gasteiger partial charge in [0.05, 0.1) is 17.6 Å². The molecule has 2 aromatic carbocycles. The lowest BCUT2D eigenvalue weighted by molar-refractivity contribution is 0.607. The van der Waals surface area contributed by atoms with Crippen LogP contribution < -0.4 is 9.62 Å². The number of benzene rings is 2. The number of nitrogens with one attached hydrogen (secondary N) is 1. The third-order valence-electron chi connectivity index (χ3n) is 3.12. The molecule has 122 valence electrons. The molecule has 2 rings (SSSR count). The van der Waals surface area contributed by atoms with E-state index in [-0.39, 0.29) is 0 Å². The van der Waals surface area contributed by atoms with Gasteiger partial charge in [-0.1, -0.05) is 18.2 Å². The van der Waals surface area contributed by atoms with Gasteiger partial charge in [-0.25, -0.2) is 8.42 Å². The number of nitrogens with zero attached hydrogens (tertiary/aromatic N) is 3. The molecule has 0 radical (unpaired) electrons. The van der Waals surface area contributed by atoms with Gasteiger partial charge in [0, 0.05) is 19.8 Å². The molecular formula is C16H20N4O2S. The molecule has 0 saturated heterocycles. The van der Waals surface area contributed by atoms with Gasteiger partial charge < -0.3 is 4.90 Å². The average Bonchev–Trinajstić information content (AvgIpc) is 2.46. The molecule has 0 aromatic heterocycles. The van der Waals surface area contributed by atoms with Gasteiger partial charge in [0.1, 0.15) is 5.69 Å². The Balaban J connectivity index is 2.48. The molecule has 0 unspecified atom stereocenters. The zero-order valence-corrected chi connectivity index (χ0v) is 14.4. The molecule has 0 aliphatic rings. The van der Waals surface area contributed by atoms with Crippen LogP contribution in [0.5, 0.6) is 0 Å². The summed E-state index contributed by atoms with van der Waals surface area (Å²) in [6.45, 7) is 1.95. The first-order valence-corrected chi connectivity index (χ1v) is 8.92. The zero-order chi connectivity index (χ0) is 17.0. The van der Waals surface area contributed by atoms with Crippen LogP contribution in [-0.4, -0.2) is 28.8 Å². The molecule has 7 heteroatoms. The minimum absolute atomic E-state index is 0.404. The van der Waals surface area contributed by atoms with Gasteiger partial charge in [-0.05, 0) is 36.8 Å². The Bertz CT molecular complexity index is 815. The van der Waals surface area contributed by atoms with Crippen LogP contribution in [0, 0.1) is 6.92 Å². The van der Waals surface area contributed by atoms with E-state index < -0.39 is 10.0 Å². The highest BCUT2D eigenvalue weighted by atomic mass is 32.2. The molecule has 0 fully saturated rings. The van der Waals surface area contributed by atoms with Crippen LogP contribution in [0.25, 0.3) is 0 Å². The quantitative estimate of drug-likeness (QED) is 0.845. The first-order valence-electron chi connectivity index (χ1n) is 7.03. The molecule has 0 bridgehead atoms. The predicted octanol–water partition coefficient (Wildman–Crippen LogP) is 3.85. The van der Waals surface area contributed by atoms with E-state index in [9.17, 15) is 8.42 Å². The molecule has 6 nitrogen and oxygen atoms in total. The van der Waals surface area contributed by atoms with Gasteiger partial charge in [-0.3, -0.25) is 4.72 Å². The van der Waals surface area contributed by atoms with Crippen LogP contribution >= 0.6 is 0 Å². The smallest absolute Gasteiger partial charge is 0.229 e. The molecule has 0 aliphatic heterocycles. The van der Waals surface area contributed by atoms with Crippen LogP contribution in [-0.2, 0) is 10.0 Å². The van der Waals surface area contributed by atoms with E-state index in [0.29, 0.717) is 17.1 Å². The molecule has 0 spiro atoms. The minimum atomic E-state index is -3.41. The van der Waals surface area contributed by atoms with Gasteiger partial charge >= 0.3 is 0 Å². The highest BCUT2D eigenvalue weighted by molar-refractivity contribution is 7.92. The van der Waals surface area contributed by atoms with Crippen molar-refractivity contribution in [1.29, 1.82) is 0 Å². The summed E-state index contributed by atoms with van der Waals surface area (Å²) in [7, 11) is 0.393. The lowest BCUT2D eigenvalue weighted by Crippen LogP contribution is -2.13. The molecule has 1 N–H and O–H groups in total. The molecule has 0 aliphatic carbocycles. The molecule has 0 heterocycles. The predicted molar refractivity (Wildman–Crippen MR) is 94.6 cm³/mol. The van der Waals surface area contributed by atoms with Crippen molar-refractivity contribution in [2.24, 2.45) is 10.2 Å². The largest absolute Gasteiger partial charge is 0.377 e. The van der Waals surface area contributed by atoms with Gasteiger partial charge in [0.15, 0.2) is 0 Å². The summed E-state index contributed by atoms with van der Waals surface area (Å²) in [5, 5.41) is 8.36. The normalized spacial score (nSPS) is 11.7. The lowest BCUT2D eigenvalue weighted by Gasteiger charge is -2.18. The Morgan fingerprint density at radius 1 is 1.04 bits per heavy atom. The van der Waals surface area contributed by atoms with E-state index in [2.05, 4.69) is 15.0 Å². The second-order valence-electron chi connectivity index (χ2n) is 5.46. The van der Waals surface area contributed by atoms with E-state index in [1.54, 1.807) is 6.07 Å². The lowest BCUT2D eigenvalue weighted by atomic mass is 10.1. The summed E-state index contributed by atoms with van der Waals surface area (Å²) in [5.74, 6) is 0. The van der Waals surface area contributed by atoms with E-state index in [4.69, 9.17) is 0 Å². The second kappa shape index (κ2) is 6.78. The summed E-state index contributed by atoms with van der Waals surface area (Å²) >= 11 is 0. The molecule has 23 heavy (non-hydrogen) atoms. The number of hydrogen-bond acceptors (Lipinski definition) is 5. The second-order valence-corrected chi connectivity index (χ2v) is 7.21. The van der Waals surface area contributed by atoms with E-state index in [1.807, 2.05) is 62.3 Å². The Morgan fingerprint density at radius 2 is 1.70 bits per heavy atom. The fraction of sp³-hybridized carbons (Fsp3) is 0.250. The zero-order valence-electron chi connectivity index (χ0n) is 13.6. The van der Waals surface area contributed by atoms with Crippen molar-refractivity contribution < 1.29 is 8.42 Å². The standard InChI is InChI=1S/C16H20N4O2S/c1-12-10-14(18-17-13-8-6-5-7-9-13)15(19-23(4,21)22)11-16(12)20(2)3/h5-11,19H,1-4H3. The highest BCUT2D eigenvalue weighted by Crippen LogP contribution is 2.34. The maximum atomic E-state index is 11.6. The number of anilines is 2. The van der Waals surface area contributed by atoms with Crippen molar-refractivity contribution in [1.82, 2.24) is 0 Å².